The smallest absolute Gasteiger partial charge is 0.275 e. The first-order valence-electron chi connectivity index (χ1n) is 8.64. The molecule has 0 radical (unpaired) electrons. The summed E-state index contributed by atoms with van der Waals surface area (Å²) in [6, 6.07) is 10.9. The molecule has 1 aromatic carbocycles. The fourth-order valence-electron chi connectivity index (χ4n) is 3.12. The number of piperidine rings is 1. The first-order chi connectivity index (χ1) is 12.0. The molecule has 0 atom stereocenters. The average Bonchev–Trinajstić information content (AvgIpc) is 2.61. The first kappa shape index (κ1) is 20.1. The van der Waals surface area contributed by atoms with Crippen LogP contribution in [0, 0.1) is 12.3 Å². The highest BCUT2D eigenvalue weighted by Crippen LogP contribution is 2.26. The maximum atomic E-state index is 12.5. The Morgan fingerprint density at radius 3 is 2.58 bits per heavy atom. The zero-order valence-electron chi connectivity index (χ0n) is 15.1. The normalized spacial score (nSPS) is 15.8. The predicted octanol–water partition coefficient (Wildman–Crippen LogP) is 2.08. The van der Waals surface area contributed by atoms with Gasteiger partial charge in [0, 0.05) is 18.3 Å². The van der Waals surface area contributed by atoms with Crippen molar-refractivity contribution in [2.24, 2.45) is 5.41 Å². The van der Waals surface area contributed by atoms with Crippen LogP contribution in [0.15, 0.2) is 41.2 Å². The van der Waals surface area contributed by atoms with Crippen LogP contribution in [0.5, 0.6) is 0 Å². The summed E-state index contributed by atoms with van der Waals surface area (Å²) in [5.74, 6) is -0.408. The molecule has 0 aliphatic carbocycles. The topological polar surface area (TPSA) is 76.0 Å². The Morgan fingerprint density at radius 2 is 1.92 bits per heavy atom. The number of halogens is 1. The van der Waals surface area contributed by atoms with Gasteiger partial charge in [-0.15, -0.1) is 12.4 Å². The molecular weight excluding hydrogens is 352 g/mol. The van der Waals surface area contributed by atoms with E-state index >= 15 is 0 Å². The highest BCUT2D eigenvalue weighted by atomic mass is 35.5. The first-order valence-corrected chi connectivity index (χ1v) is 8.64. The minimum atomic E-state index is -0.408. The Morgan fingerprint density at radius 1 is 1.27 bits per heavy atom. The summed E-state index contributed by atoms with van der Waals surface area (Å²) in [4.78, 5) is 24.8. The van der Waals surface area contributed by atoms with Gasteiger partial charge in [-0.05, 0) is 50.4 Å². The summed E-state index contributed by atoms with van der Waals surface area (Å²) >= 11 is 0. The third-order valence-corrected chi connectivity index (χ3v) is 4.81. The number of nitrogens with zero attached hydrogens (tertiary/aromatic N) is 2. The van der Waals surface area contributed by atoms with E-state index in [0.29, 0.717) is 12.2 Å². The lowest BCUT2D eigenvalue weighted by Gasteiger charge is -2.34. The molecule has 0 bridgehead atoms. The summed E-state index contributed by atoms with van der Waals surface area (Å²) in [5, 5.41) is 10.5. The molecule has 0 saturated carbocycles. The van der Waals surface area contributed by atoms with Crippen LogP contribution >= 0.6 is 12.4 Å². The van der Waals surface area contributed by atoms with Gasteiger partial charge in [0.2, 0.25) is 5.43 Å². The lowest BCUT2D eigenvalue weighted by atomic mass is 9.81. The third kappa shape index (κ3) is 4.51. The quantitative estimate of drug-likeness (QED) is 0.856. The minimum absolute atomic E-state index is 0. The molecule has 2 aromatic rings. The highest BCUT2D eigenvalue weighted by molar-refractivity contribution is 5.92. The van der Waals surface area contributed by atoms with Gasteiger partial charge >= 0.3 is 0 Å². The molecule has 1 fully saturated rings. The lowest BCUT2D eigenvalue weighted by Crippen LogP contribution is -2.44. The number of hydrogen-bond donors (Lipinski definition) is 2. The monoisotopic (exact) mass is 376 g/mol. The van der Waals surface area contributed by atoms with Crippen molar-refractivity contribution in [3.63, 3.8) is 0 Å². The molecule has 3 rings (SSSR count). The van der Waals surface area contributed by atoms with Gasteiger partial charge in [-0.1, -0.05) is 25.1 Å². The van der Waals surface area contributed by atoms with Gasteiger partial charge in [0.15, 0.2) is 5.69 Å². The van der Waals surface area contributed by atoms with E-state index in [1.54, 1.807) is 11.6 Å². The van der Waals surface area contributed by atoms with Crippen molar-refractivity contribution in [1.29, 1.82) is 0 Å². The molecule has 2 N–H and O–H groups in total. The van der Waals surface area contributed by atoms with Crippen molar-refractivity contribution < 1.29 is 4.79 Å². The summed E-state index contributed by atoms with van der Waals surface area (Å²) in [5.41, 5.74) is 1.16. The molecule has 1 amide bonds. The lowest BCUT2D eigenvalue weighted by molar-refractivity contribution is 0.0914. The number of amides is 1. The van der Waals surface area contributed by atoms with E-state index in [1.165, 1.54) is 6.07 Å². The molecule has 7 heteroatoms. The van der Waals surface area contributed by atoms with Gasteiger partial charge in [0.25, 0.3) is 5.91 Å². The Bertz CT molecular complexity index is 814. The van der Waals surface area contributed by atoms with Crippen molar-refractivity contribution in [2.45, 2.75) is 26.7 Å². The van der Waals surface area contributed by atoms with Gasteiger partial charge < -0.3 is 10.6 Å². The maximum absolute atomic E-state index is 12.5. The standard InChI is InChI=1S/C19H24N4O2.ClH/c1-14-12-16(24)17(22-23(14)15-6-4-3-5-7-15)18(25)21-13-19(2)8-10-20-11-9-19;/h3-7,12,20H,8-11,13H2,1-2H3,(H,21,25);1H. The molecule has 1 aliphatic rings. The molecule has 1 aliphatic heterocycles. The SMILES string of the molecule is Cc1cc(=O)c(C(=O)NCC2(C)CCNCC2)nn1-c1ccccc1.Cl. The van der Waals surface area contributed by atoms with Gasteiger partial charge in [0.1, 0.15) is 0 Å². The van der Waals surface area contributed by atoms with Crippen LogP contribution in [0.3, 0.4) is 0 Å². The number of carbonyl (C=O) groups is 1. The van der Waals surface area contributed by atoms with Crippen LogP contribution in [0.2, 0.25) is 0 Å². The second-order valence-electron chi connectivity index (χ2n) is 6.99. The van der Waals surface area contributed by atoms with Crippen molar-refractivity contribution >= 4 is 18.3 Å². The Labute approximate surface area is 159 Å². The van der Waals surface area contributed by atoms with Crippen LogP contribution in [-0.2, 0) is 0 Å². The molecule has 26 heavy (non-hydrogen) atoms. The van der Waals surface area contributed by atoms with E-state index in [4.69, 9.17) is 0 Å². The number of carbonyl (C=O) groups excluding carboxylic acids is 1. The van der Waals surface area contributed by atoms with E-state index in [-0.39, 0.29) is 28.9 Å². The largest absolute Gasteiger partial charge is 0.350 e. The van der Waals surface area contributed by atoms with Crippen molar-refractivity contribution in [3.8, 4) is 5.69 Å². The maximum Gasteiger partial charge on any atom is 0.275 e. The van der Waals surface area contributed by atoms with E-state index < -0.39 is 5.91 Å². The number of rotatable bonds is 4. The van der Waals surface area contributed by atoms with Crippen molar-refractivity contribution in [2.75, 3.05) is 19.6 Å². The van der Waals surface area contributed by atoms with Gasteiger partial charge in [-0.3, -0.25) is 9.59 Å². The minimum Gasteiger partial charge on any atom is -0.350 e. The molecule has 0 unspecified atom stereocenters. The summed E-state index contributed by atoms with van der Waals surface area (Å²) in [6.45, 7) is 6.43. The fraction of sp³-hybridized carbons (Fsp3) is 0.421. The molecule has 1 saturated heterocycles. The van der Waals surface area contributed by atoms with Crippen LogP contribution < -0.4 is 16.1 Å². The Balaban J connectivity index is 0.00000243. The van der Waals surface area contributed by atoms with Crippen LogP contribution in [0.1, 0.15) is 35.9 Å². The number of hydrogen-bond acceptors (Lipinski definition) is 4. The van der Waals surface area contributed by atoms with Crippen molar-refractivity contribution in [1.82, 2.24) is 20.4 Å². The molecule has 1 aromatic heterocycles. The molecule has 140 valence electrons. The molecule has 2 heterocycles. The van der Waals surface area contributed by atoms with E-state index in [2.05, 4.69) is 22.7 Å². The van der Waals surface area contributed by atoms with Gasteiger partial charge in [-0.2, -0.15) is 5.10 Å². The number of para-hydroxylation sites is 1. The highest BCUT2D eigenvalue weighted by Gasteiger charge is 2.28. The van der Waals surface area contributed by atoms with Gasteiger partial charge in [-0.25, -0.2) is 4.68 Å². The zero-order valence-corrected chi connectivity index (χ0v) is 15.9. The van der Waals surface area contributed by atoms with E-state index in [9.17, 15) is 9.59 Å². The molecular formula is C19H25ClN4O2. The summed E-state index contributed by atoms with van der Waals surface area (Å²) in [7, 11) is 0. The second-order valence-corrected chi connectivity index (χ2v) is 6.99. The van der Waals surface area contributed by atoms with Gasteiger partial charge in [0.05, 0.1) is 5.69 Å². The summed E-state index contributed by atoms with van der Waals surface area (Å²) < 4.78 is 1.63. The number of benzene rings is 1. The fourth-order valence-corrected chi connectivity index (χ4v) is 3.12. The number of aryl methyl sites for hydroxylation is 1. The van der Waals surface area contributed by atoms with Crippen LogP contribution in [0.25, 0.3) is 5.69 Å². The Hall–Kier alpha value is -2.18. The number of aromatic nitrogens is 2. The van der Waals surface area contributed by atoms with Crippen LogP contribution in [-0.4, -0.2) is 35.3 Å². The van der Waals surface area contributed by atoms with Crippen molar-refractivity contribution in [3.05, 3.63) is 58.0 Å². The predicted molar refractivity (Wildman–Crippen MR) is 104 cm³/mol. The molecule has 0 spiro atoms. The third-order valence-electron chi connectivity index (χ3n) is 4.81. The Kier molecular flexibility index (Phi) is 6.56. The number of nitrogens with one attached hydrogen (secondary N) is 2. The van der Waals surface area contributed by atoms with Crippen LogP contribution in [0.4, 0.5) is 0 Å². The van der Waals surface area contributed by atoms with E-state index in [1.807, 2.05) is 30.3 Å². The average molecular weight is 377 g/mol. The zero-order chi connectivity index (χ0) is 17.9. The second kappa shape index (κ2) is 8.47. The van der Waals surface area contributed by atoms with E-state index in [0.717, 1.165) is 31.6 Å². The molecule has 6 nitrogen and oxygen atoms in total. The summed E-state index contributed by atoms with van der Waals surface area (Å²) in [6.07, 6.45) is 2.01.